The van der Waals surface area contributed by atoms with E-state index in [2.05, 4.69) is 13.8 Å². The lowest BCUT2D eigenvalue weighted by Crippen LogP contribution is -2.15. The molecule has 0 aromatic heterocycles. The van der Waals surface area contributed by atoms with Crippen LogP contribution in [0.4, 0.5) is 0 Å². The quantitative estimate of drug-likeness (QED) is 0.0594. The fraction of sp³-hybridized carbons (Fsp3) is 0.632. The van der Waals surface area contributed by atoms with Crippen LogP contribution >= 0.6 is 0 Å². The van der Waals surface area contributed by atoms with Gasteiger partial charge in [0.05, 0.1) is 24.3 Å². The van der Waals surface area contributed by atoms with Gasteiger partial charge in [-0.05, 0) is 37.1 Å². The maximum atomic E-state index is 12.9. The molecule has 0 saturated heterocycles. The third-order valence-corrected chi connectivity index (χ3v) is 8.17. The van der Waals surface area contributed by atoms with Gasteiger partial charge < -0.3 is 19.7 Å². The van der Waals surface area contributed by atoms with E-state index in [-0.39, 0.29) is 22.6 Å². The second kappa shape index (κ2) is 23.4. The molecule has 2 rings (SSSR count). The molecule has 0 spiro atoms. The summed E-state index contributed by atoms with van der Waals surface area (Å²) in [5, 5.41) is 20.9. The zero-order valence-corrected chi connectivity index (χ0v) is 27.5. The van der Waals surface area contributed by atoms with Crippen molar-refractivity contribution in [1.82, 2.24) is 0 Å². The van der Waals surface area contributed by atoms with Crippen molar-refractivity contribution in [2.75, 3.05) is 13.2 Å². The van der Waals surface area contributed by atoms with Gasteiger partial charge in [0.25, 0.3) is 0 Å². The number of benzene rings is 2. The molecule has 0 atom stereocenters. The Balaban J connectivity index is 1.68. The van der Waals surface area contributed by atoms with Gasteiger partial charge in [0.15, 0.2) is 0 Å². The Labute approximate surface area is 266 Å². The first-order valence-corrected chi connectivity index (χ1v) is 17.5. The van der Waals surface area contributed by atoms with Crippen LogP contribution in [0.5, 0.6) is 23.0 Å². The van der Waals surface area contributed by atoms with Crippen LogP contribution in [0.2, 0.25) is 0 Å². The molecule has 0 heterocycles. The van der Waals surface area contributed by atoms with Crippen molar-refractivity contribution in [2.45, 2.75) is 142 Å². The van der Waals surface area contributed by atoms with E-state index in [4.69, 9.17) is 9.47 Å². The number of aromatic hydroxyl groups is 2. The predicted molar refractivity (Wildman–Crippen MR) is 180 cm³/mol. The molecule has 2 aromatic carbocycles. The van der Waals surface area contributed by atoms with Crippen LogP contribution in [0, 0.1) is 0 Å². The molecule has 44 heavy (non-hydrogen) atoms. The molecular weight excluding hydrogens is 552 g/mol. The number of Topliss-reactive ketones (excluding diaryl/α,β-unsaturated/α-hetero) is 2. The van der Waals surface area contributed by atoms with Crippen LogP contribution in [0.15, 0.2) is 36.4 Å². The van der Waals surface area contributed by atoms with Crippen LogP contribution in [0.1, 0.15) is 163 Å². The third kappa shape index (κ3) is 15.1. The molecule has 2 N–H and O–H groups in total. The summed E-state index contributed by atoms with van der Waals surface area (Å²) < 4.78 is 11.5. The summed E-state index contributed by atoms with van der Waals surface area (Å²) in [6.07, 6.45) is 24.8. The Hall–Kier alpha value is -3.02. The van der Waals surface area contributed by atoms with E-state index >= 15 is 0 Å². The van der Waals surface area contributed by atoms with Crippen LogP contribution in [-0.2, 0) is 0 Å². The summed E-state index contributed by atoms with van der Waals surface area (Å²) in [5.41, 5.74) is -0.246. The topological polar surface area (TPSA) is 93.1 Å². The van der Waals surface area contributed by atoms with Crippen LogP contribution < -0.4 is 9.47 Å². The van der Waals surface area contributed by atoms with Gasteiger partial charge in [0, 0.05) is 12.1 Å². The number of carbonyl (C=O) groups excluding carboxylic acids is 2. The lowest BCUT2D eigenvalue weighted by atomic mass is 10.00. The second-order valence-corrected chi connectivity index (χ2v) is 12.1. The summed E-state index contributed by atoms with van der Waals surface area (Å²) in [6.45, 7) is 5.54. The fourth-order valence-corrected chi connectivity index (χ4v) is 5.39. The molecule has 0 saturated carbocycles. The molecule has 6 heteroatoms. The highest BCUT2D eigenvalue weighted by molar-refractivity contribution is 6.50. The van der Waals surface area contributed by atoms with Gasteiger partial charge in [-0.3, -0.25) is 9.59 Å². The molecule has 0 fully saturated rings. The first kappa shape index (κ1) is 37.2. The fourth-order valence-electron chi connectivity index (χ4n) is 5.39. The van der Waals surface area contributed by atoms with Crippen molar-refractivity contribution >= 4 is 11.6 Å². The molecule has 0 aliphatic rings. The normalized spacial score (nSPS) is 11.0. The summed E-state index contributed by atoms with van der Waals surface area (Å²) in [6, 6.07) is 8.68. The Morgan fingerprint density at radius 2 is 0.773 bits per heavy atom. The number of phenols is 2. The Bertz CT molecular complexity index is 993. The second-order valence-electron chi connectivity index (χ2n) is 12.1. The summed E-state index contributed by atoms with van der Waals surface area (Å²) in [4.78, 5) is 25.7. The Kier molecular flexibility index (Phi) is 19.7. The Morgan fingerprint density at radius 3 is 1.07 bits per heavy atom. The molecular formula is C38H58O6. The molecule has 0 aliphatic carbocycles. The van der Waals surface area contributed by atoms with E-state index < -0.39 is 11.6 Å². The molecule has 0 bridgehead atoms. The summed E-state index contributed by atoms with van der Waals surface area (Å²) in [7, 11) is 0. The van der Waals surface area contributed by atoms with Gasteiger partial charge in [-0.2, -0.15) is 0 Å². The average Bonchev–Trinajstić information content (AvgIpc) is 3.02. The predicted octanol–water partition coefficient (Wildman–Crippen LogP) is 10.8. The van der Waals surface area contributed by atoms with Crippen molar-refractivity contribution in [2.24, 2.45) is 0 Å². The maximum absolute atomic E-state index is 12.9. The van der Waals surface area contributed by atoms with Crippen LogP contribution in [0.25, 0.3) is 0 Å². The number of hydrogen-bond donors (Lipinski definition) is 2. The first-order chi connectivity index (χ1) is 21.5. The largest absolute Gasteiger partial charge is 0.507 e. The van der Waals surface area contributed by atoms with E-state index in [1.54, 1.807) is 12.1 Å². The highest BCUT2D eigenvalue weighted by Gasteiger charge is 2.24. The number of carbonyl (C=O) groups is 2. The molecule has 0 aliphatic heterocycles. The van der Waals surface area contributed by atoms with Crippen molar-refractivity contribution in [1.29, 1.82) is 0 Å². The van der Waals surface area contributed by atoms with Gasteiger partial charge in [0.1, 0.15) is 23.0 Å². The number of hydrogen-bond acceptors (Lipinski definition) is 6. The van der Waals surface area contributed by atoms with Crippen molar-refractivity contribution < 1.29 is 29.3 Å². The smallest absolute Gasteiger partial charge is 0.237 e. The van der Waals surface area contributed by atoms with Crippen LogP contribution in [-0.4, -0.2) is 35.0 Å². The minimum absolute atomic E-state index is 0.123. The zero-order valence-electron chi connectivity index (χ0n) is 27.5. The first-order valence-electron chi connectivity index (χ1n) is 17.5. The molecule has 0 radical (unpaired) electrons. The number of unbranched alkanes of at least 4 members (excludes halogenated alkanes) is 18. The van der Waals surface area contributed by atoms with Gasteiger partial charge in [-0.15, -0.1) is 0 Å². The van der Waals surface area contributed by atoms with Crippen molar-refractivity contribution in [3.05, 3.63) is 47.5 Å². The molecule has 2 aromatic rings. The number of ether oxygens (including phenoxy) is 2. The average molecular weight is 611 g/mol. The SMILES string of the molecule is CCCCCCCCCCCCOc1ccc(C(=O)C(=O)c2ccc(OCCCCCCCCCCCC)cc2O)c(O)c1. The Morgan fingerprint density at radius 1 is 0.477 bits per heavy atom. The van der Waals surface area contributed by atoms with Crippen molar-refractivity contribution in [3.8, 4) is 23.0 Å². The highest BCUT2D eigenvalue weighted by atomic mass is 16.5. The lowest BCUT2D eigenvalue weighted by Gasteiger charge is -2.10. The summed E-state index contributed by atoms with van der Waals surface area (Å²) >= 11 is 0. The van der Waals surface area contributed by atoms with E-state index in [1.807, 2.05) is 0 Å². The highest BCUT2D eigenvalue weighted by Crippen LogP contribution is 2.29. The third-order valence-electron chi connectivity index (χ3n) is 8.17. The van der Waals surface area contributed by atoms with Crippen LogP contribution in [0.3, 0.4) is 0 Å². The monoisotopic (exact) mass is 610 g/mol. The van der Waals surface area contributed by atoms with E-state index in [0.717, 1.165) is 25.7 Å². The molecule has 0 amide bonds. The summed E-state index contributed by atoms with van der Waals surface area (Å²) in [5.74, 6) is -1.51. The minimum atomic E-state index is -0.891. The van der Waals surface area contributed by atoms with Gasteiger partial charge in [-0.25, -0.2) is 0 Å². The number of rotatable bonds is 27. The van der Waals surface area contributed by atoms with E-state index in [0.29, 0.717) is 24.7 Å². The number of ketones is 2. The van der Waals surface area contributed by atoms with E-state index in [9.17, 15) is 19.8 Å². The van der Waals surface area contributed by atoms with Gasteiger partial charge in [-0.1, -0.05) is 129 Å². The van der Waals surface area contributed by atoms with Crippen molar-refractivity contribution in [3.63, 3.8) is 0 Å². The maximum Gasteiger partial charge on any atom is 0.237 e. The number of phenolic OH excluding ortho intramolecular Hbond substituents is 2. The molecule has 246 valence electrons. The van der Waals surface area contributed by atoms with Gasteiger partial charge in [0.2, 0.25) is 11.6 Å². The molecule has 0 unspecified atom stereocenters. The minimum Gasteiger partial charge on any atom is -0.507 e. The zero-order chi connectivity index (χ0) is 31.8. The standard InChI is InChI=1S/C38H58O6/c1-3-5-7-9-11-13-15-17-19-21-27-43-31-23-25-33(35(39)29-31)37(41)38(42)34-26-24-32(30-36(34)40)44-28-22-20-18-16-14-12-10-8-6-4-2/h23-26,29-30,39-40H,3-22,27-28H2,1-2H3. The lowest BCUT2D eigenvalue weighted by molar-refractivity contribution is 0.0813. The van der Waals surface area contributed by atoms with Gasteiger partial charge >= 0.3 is 0 Å². The molecule has 6 nitrogen and oxygen atoms in total. The van der Waals surface area contributed by atoms with E-state index in [1.165, 1.54) is 127 Å².